The van der Waals surface area contributed by atoms with Crippen molar-refractivity contribution in [1.29, 1.82) is 0 Å². The number of rotatable bonds is 7. The molecule has 1 N–H and O–H groups in total. The Morgan fingerprint density at radius 1 is 1.11 bits per heavy atom. The third kappa shape index (κ3) is 5.16. The number of hydrogen-bond acceptors (Lipinski definition) is 2. The second-order valence-corrected chi connectivity index (χ2v) is 7.28. The molecule has 1 fully saturated rings. The minimum atomic E-state index is -0.202. The van der Waals surface area contributed by atoms with Gasteiger partial charge in [0.25, 0.3) is 0 Å². The van der Waals surface area contributed by atoms with Gasteiger partial charge >= 0.3 is 0 Å². The van der Waals surface area contributed by atoms with Crippen LogP contribution in [0.5, 0.6) is 0 Å². The molecule has 2 aromatic rings. The van der Waals surface area contributed by atoms with Crippen LogP contribution < -0.4 is 5.32 Å². The molecule has 3 nitrogen and oxygen atoms in total. The number of carbonyl (C=O) groups excluding carboxylic acids is 1. The van der Waals surface area contributed by atoms with E-state index in [9.17, 15) is 9.18 Å². The lowest BCUT2D eigenvalue weighted by molar-refractivity contribution is -0.126. The van der Waals surface area contributed by atoms with Crippen LogP contribution in [0.15, 0.2) is 54.6 Å². The SMILES string of the molecule is CCC(c1ccccc1)N1CCC(C(=O)NCCc2ccccc2F)CC1. The molecule has 0 aromatic heterocycles. The first-order chi connectivity index (χ1) is 13.2. The first-order valence-corrected chi connectivity index (χ1v) is 9.99. The van der Waals surface area contributed by atoms with Gasteiger partial charge in [-0.1, -0.05) is 55.5 Å². The second kappa shape index (κ2) is 9.65. The zero-order chi connectivity index (χ0) is 19.1. The number of nitrogens with one attached hydrogen (secondary N) is 1. The minimum Gasteiger partial charge on any atom is -0.356 e. The van der Waals surface area contributed by atoms with Crippen molar-refractivity contribution in [3.63, 3.8) is 0 Å². The Bertz CT molecular complexity index is 726. The van der Waals surface area contributed by atoms with Crippen LogP contribution in [0.3, 0.4) is 0 Å². The van der Waals surface area contributed by atoms with Crippen LogP contribution in [0.1, 0.15) is 43.4 Å². The van der Waals surface area contributed by atoms with Gasteiger partial charge in [0, 0.05) is 18.5 Å². The van der Waals surface area contributed by atoms with Gasteiger partial charge in [-0.05, 0) is 56.0 Å². The van der Waals surface area contributed by atoms with Crippen LogP contribution in [0.2, 0.25) is 0 Å². The van der Waals surface area contributed by atoms with E-state index >= 15 is 0 Å². The number of benzene rings is 2. The van der Waals surface area contributed by atoms with Gasteiger partial charge in [-0.2, -0.15) is 0 Å². The van der Waals surface area contributed by atoms with E-state index in [1.165, 1.54) is 11.6 Å². The van der Waals surface area contributed by atoms with Crippen LogP contribution in [0.4, 0.5) is 4.39 Å². The summed E-state index contributed by atoms with van der Waals surface area (Å²) in [6.07, 6.45) is 3.37. The van der Waals surface area contributed by atoms with Crippen molar-refractivity contribution in [1.82, 2.24) is 10.2 Å². The molecule has 0 saturated carbocycles. The molecule has 1 unspecified atom stereocenters. The third-order valence-corrected chi connectivity index (χ3v) is 5.56. The van der Waals surface area contributed by atoms with Gasteiger partial charge in [0.2, 0.25) is 5.91 Å². The topological polar surface area (TPSA) is 32.3 Å². The van der Waals surface area contributed by atoms with Crippen molar-refractivity contribution in [2.75, 3.05) is 19.6 Å². The standard InChI is InChI=1S/C23H29FN2O/c1-2-22(19-9-4-3-5-10-19)26-16-13-20(14-17-26)23(27)25-15-12-18-8-6-7-11-21(18)24/h3-11,20,22H,2,12-17H2,1H3,(H,25,27). The van der Waals surface area contributed by atoms with Crippen molar-refractivity contribution < 1.29 is 9.18 Å². The molecular weight excluding hydrogens is 339 g/mol. The van der Waals surface area contributed by atoms with Crippen LogP contribution in [-0.4, -0.2) is 30.4 Å². The Kier molecular flexibility index (Phi) is 6.99. The van der Waals surface area contributed by atoms with Crippen molar-refractivity contribution in [3.05, 3.63) is 71.5 Å². The number of nitrogens with zero attached hydrogens (tertiary/aromatic N) is 1. The Labute approximate surface area is 161 Å². The fraction of sp³-hybridized carbons (Fsp3) is 0.435. The number of halogens is 1. The molecule has 0 spiro atoms. The maximum absolute atomic E-state index is 13.6. The van der Waals surface area contributed by atoms with Crippen molar-refractivity contribution in [2.45, 2.75) is 38.6 Å². The van der Waals surface area contributed by atoms with Crippen LogP contribution in [-0.2, 0) is 11.2 Å². The van der Waals surface area contributed by atoms with E-state index < -0.39 is 0 Å². The highest BCUT2D eigenvalue weighted by Gasteiger charge is 2.28. The average Bonchev–Trinajstić information content (AvgIpc) is 2.71. The van der Waals surface area contributed by atoms with Crippen molar-refractivity contribution >= 4 is 5.91 Å². The maximum Gasteiger partial charge on any atom is 0.223 e. The molecule has 2 aromatic carbocycles. The van der Waals surface area contributed by atoms with Gasteiger partial charge in [-0.25, -0.2) is 4.39 Å². The summed E-state index contributed by atoms with van der Waals surface area (Å²) in [5.41, 5.74) is 2.01. The normalized spacial score (nSPS) is 16.8. The number of carbonyl (C=O) groups is 1. The lowest BCUT2D eigenvalue weighted by Crippen LogP contribution is -2.42. The van der Waals surface area contributed by atoms with E-state index in [1.807, 2.05) is 12.1 Å². The molecule has 1 amide bonds. The fourth-order valence-electron chi connectivity index (χ4n) is 4.02. The molecule has 1 aliphatic rings. The third-order valence-electron chi connectivity index (χ3n) is 5.56. The van der Waals surface area contributed by atoms with Gasteiger partial charge in [-0.15, -0.1) is 0 Å². The summed E-state index contributed by atoms with van der Waals surface area (Å²) in [5.74, 6) is -0.0273. The van der Waals surface area contributed by atoms with Crippen molar-refractivity contribution in [3.8, 4) is 0 Å². The molecule has 1 aliphatic heterocycles. The molecule has 1 saturated heterocycles. The molecule has 1 heterocycles. The summed E-state index contributed by atoms with van der Waals surface area (Å²) < 4.78 is 13.6. The molecule has 4 heteroatoms. The Hall–Kier alpha value is -2.20. The van der Waals surface area contributed by atoms with E-state index in [4.69, 9.17) is 0 Å². The van der Waals surface area contributed by atoms with Crippen LogP contribution >= 0.6 is 0 Å². The van der Waals surface area contributed by atoms with E-state index in [1.54, 1.807) is 12.1 Å². The molecular formula is C23H29FN2O. The van der Waals surface area contributed by atoms with E-state index in [0.717, 1.165) is 32.4 Å². The summed E-state index contributed by atoms with van der Waals surface area (Å²) in [4.78, 5) is 15.0. The van der Waals surface area contributed by atoms with Crippen LogP contribution in [0, 0.1) is 11.7 Å². The summed E-state index contributed by atoms with van der Waals surface area (Å²) in [6.45, 7) is 4.60. The molecule has 1 atom stereocenters. The number of likely N-dealkylation sites (tertiary alicyclic amines) is 1. The van der Waals surface area contributed by atoms with Crippen LogP contribution in [0.25, 0.3) is 0 Å². The zero-order valence-corrected chi connectivity index (χ0v) is 16.0. The Morgan fingerprint density at radius 3 is 2.44 bits per heavy atom. The summed E-state index contributed by atoms with van der Waals surface area (Å²) in [5, 5.41) is 2.99. The largest absolute Gasteiger partial charge is 0.356 e. The highest BCUT2D eigenvalue weighted by Crippen LogP contribution is 2.29. The molecule has 3 rings (SSSR count). The molecule has 0 aliphatic carbocycles. The van der Waals surface area contributed by atoms with E-state index in [-0.39, 0.29) is 17.6 Å². The summed E-state index contributed by atoms with van der Waals surface area (Å²) in [6, 6.07) is 17.8. The molecule has 0 bridgehead atoms. The predicted octanol–water partition coefficient (Wildman–Crippen LogP) is 4.35. The average molecular weight is 368 g/mol. The monoisotopic (exact) mass is 368 g/mol. The lowest BCUT2D eigenvalue weighted by Gasteiger charge is -2.37. The quantitative estimate of drug-likeness (QED) is 0.788. The minimum absolute atomic E-state index is 0.0650. The fourth-order valence-corrected chi connectivity index (χ4v) is 4.02. The molecule has 0 radical (unpaired) electrons. The van der Waals surface area contributed by atoms with Crippen molar-refractivity contribution in [2.24, 2.45) is 5.92 Å². The van der Waals surface area contributed by atoms with Gasteiger partial charge in [0.05, 0.1) is 0 Å². The molecule has 144 valence electrons. The van der Waals surface area contributed by atoms with E-state index in [0.29, 0.717) is 24.6 Å². The lowest BCUT2D eigenvalue weighted by atomic mass is 9.92. The van der Waals surface area contributed by atoms with E-state index in [2.05, 4.69) is 41.4 Å². The highest BCUT2D eigenvalue weighted by atomic mass is 19.1. The number of piperidine rings is 1. The van der Waals surface area contributed by atoms with Gasteiger partial charge in [-0.3, -0.25) is 9.69 Å². The second-order valence-electron chi connectivity index (χ2n) is 7.28. The van der Waals surface area contributed by atoms with Gasteiger partial charge in [0.1, 0.15) is 5.82 Å². The van der Waals surface area contributed by atoms with Gasteiger partial charge < -0.3 is 5.32 Å². The van der Waals surface area contributed by atoms with Gasteiger partial charge in [0.15, 0.2) is 0 Å². The first-order valence-electron chi connectivity index (χ1n) is 9.99. The number of amides is 1. The first kappa shape index (κ1) is 19.6. The smallest absolute Gasteiger partial charge is 0.223 e. The Morgan fingerprint density at radius 2 is 1.78 bits per heavy atom. The molecule has 27 heavy (non-hydrogen) atoms. The highest BCUT2D eigenvalue weighted by molar-refractivity contribution is 5.78. The number of hydrogen-bond donors (Lipinski definition) is 1. The predicted molar refractivity (Wildman–Crippen MR) is 107 cm³/mol. The Balaban J connectivity index is 1.45. The zero-order valence-electron chi connectivity index (χ0n) is 16.0. The summed E-state index contributed by atoms with van der Waals surface area (Å²) >= 11 is 0. The summed E-state index contributed by atoms with van der Waals surface area (Å²) in [7, 11) is 0. The maximum atomic E-state index is 13.6.